The van der Waals surface area contributed by atoms with E-state index in [1.165, 1.54) is 7.11 Å². The third-order valence-electron chi connectivity index (χ3n) is 2.03. The number of methoxy groups -OCH3 is 1. The number of amides is 1. The molecule has 0 aliphatic rings. The molecule has 1 unspecified atom stereocenters. The van der Waals surface area contributed by atoms with Gasteiger partial charge in [-0.15, -0.1) is 0 Å². The molecule has 0 aliphatic carbocycles. The van der Waals surface area contributed by atoms with E-state index in [1.54, 1.807) is 0 Å². The summed E-state index contributed by atoms with van der Waals surface area (Å²) in [7, 11) is 1.33. The molecule has 4 heteroatoms. The lowest BCUT2D eigenvalue weighted by molar-refractivity contribution is -0.146. The van der Waals surface area contributed by atoms with Crippen LogP contribution in [0.15, 0.2) is 0 Å². The zero-order valence-electron chi connectivity index (χ0n) is 10.2. The van der Waals surface area contributed by atoms with E-state index in [9.17, 15) is 9.59 Å². The number of nitrogens with one attached hydrogen (secondary N) is 1. The van der Waals surface area contributed by atoms with Crippen molar-refractivity contribution in [3.05, 3.63) is 0 Å². The molecule has 0 aromatic heterocycles. The van der Waals surface area contributed by atoms with Crippen molar-refractivity contribution in [1.82, 2.24) is 5.32 Å². The van der Waals surface area contributed by atoms with Gasteiger partial charge in [0.25, 0.3) is 0 Å². The number of carbonyl (C=O) groups excluding carboxylic acids is 2. The minimum atomic E-state index is -0.541. The fourth-order valence-electron chi connectivity index (χ4n) is 1.23. The highest BCUT2D eigenvalue weighted by atomic mass is 16.5. The van der Waals surface area contributed by atoms with Gasteiger partial charge in [-0.2, -0.15) is 0 Å². The van der Waals surface area contributed by atoms with E-state index in [1.807, 2.05) is 27.7 Å². The topological polar surface area (TPSA) is 55.4 Å². The molecule has 0 aromatic carbocycles. The number of hydrogen-bond acceptors (Lipinski definition) is 3. The first kappa shape index (κ1) is 13.9. The average molecular weight is 215 g/mol. The Bertz CT molecular complexity index is 224. The van der Waals surface area contributed by atoms with E-state index < -0.39 is 6.04 Å². The molecule has 0 saturated carbocycles. The zero-order chi connectivity index (χ0) is 12.0. The third-order valence-corrected chi connectivity index (χ3v) is 2.03. The van der Waals surface area contributed by atoms with Crippen molar-refractivity contribution in [3.8, 4) is 0 Å². The summed E-state index contributed by atoms with van der Waals surface area (Å²) in [4.78, 5) is 22.8. The maximum Gasteiger partial charge on any atom is 0.328 e. The molecule has 0 aromatic rings. The van der Waals surface area contributed by atoms with Crippen LogP contribution in [0.4, 0.5) is 0 Å². The first-order chi connectivity index (χ1) is 6.88. The summed E-state index contributed by atoms with van der Waals surface area (Å²) in [6.07, 6.45) is 0.431. The summed E-state index contributed by atoms with van der Waals surface area (Å²) in [6.45, 7) is 7.67. The van der Waals surface area contributed by atoms with Gasteiger partial charge in [-0.1, -0.05) is 27.7 Å². The van der Waals surface area contributed by atoms with Gasteiger partial charge in [0, 0.05) is 6.42 Å². The van der Waals surface area contributed by atoms with E-state index >= 15 is 0 Å². The summed E-state index contributed by atoms with van der Waals surface area (Å²) in [5, 5.41) is 2.68. The second kappa shape index (κ2) is 6.43. The standard InChI is InChI=1S/C11H21NO3/c1-7(2)6-9(13)12-10(8(3)4)11(14)15-5/h7-8,10H,6H2,1-5H3,(H,12,13). The Balaban J connectivity index is 4.29. The Morgan fingerprint density at radius 3 is 2.07 bits per heavy atom. The molecule has 0 radical (unpaired) electrons. The predicted molar refractivity (Wildman–Crippen MR) is 58.2 cm³/mol. The Kier molecular flexibility index (Phi) is 5.97. The second-order valence-electron chi connectivity index (χ2n) is 4.41. The largest absolute Gasteiger partial charge is 0.467 e. The maximum atomic E-state index is 11.5. The first-order valence-electron chi connectivity index (χ1n) is 5.25. The SMILES string of the molecule is COC(=O)C(NC(=O)CC(C)C)C(C)C. The quantitative estimate of drug-likeness (QED) is 0.704. The van der Waals surface area contributed by atoms with Crippen molar-refractivity contribution >= 4 is 11.9 Å². The summed E-state index contributed by atoms with van der Waals surface area (Å²) < 4.78 is 4.63. The van der Waals surface area contributed by atoms with Crippen LogP contribution in [-0.4, -0.2) is 25.0 Å². The van der Waals surface area contributed by atoms with Crippen LogP contribution in [-0.2, 0) is 14.3 Å². The van der Waals surface area contributed by atoms with E-state index in [0.29, 0.717) is 6.42 Å². The van der Waals surface area contributed by atoms with Gasteiger partial charge in [0.2, 0.25) is 5.91 Å². The summed E-state index contributed by atoms with van der Waals surface area (Å²) in [5.41, 5.74) is 0. The number of ether oxygens (including phenoxy) is 1. The van der Waals surface area contributed by atoms with E-state index in [2.05, 4.69) is 10.1 Å². The Hall–Kier alpha value is -1.06. The van der Waals surface area contributed by atoms with Crippen LogP contribution in [0.2, 0.25) is 0 Å². The van der Waals surface area contributed by atoms with Gasteiger partial charge >= 0.3 is 5.97 Å². The number of carbonyl (C=O) groups is 2. The van der Waals surface area contributed by atoms with Crippen LogP contribution in [0.3, 0.4) is 0 Å². The average Bonchev–Trinajstić information content (AvgIpc) is 2.11. The van der Waals surface area contributed by atoms with Gasteiger partial charge in [-0.25, -0.2) is 4.79 Å². The number of rotatable bonds is 5. The molecule has 4 nitrogen and oxygen atoms in total. The fourth-order valence-corrected chi connectivity index (χ4v) is 1.23. The van der Waals surface area contributed by atoms with Crippen molar-refractivity contribution in [2.75, 3.05) is 7.11 Å². The summed E-state index contributed by atoms with van der Waals surface area (Å²) >= 11 is 0. The van der Waals surface area contributed by atoms with Crippen LogP contribution >= 0.6 is 0 Å². The van der Waals surface area contributed by atoms with E-state index in [-0.39, 0.29) is 23.7 Å². The predicted octanol–water partition coefficient (Wildman–Crippen LogP) is 1.35. The minimum absolute atomic E-state index is 0.0357. The lowest BCUT2D eigenvalue weighted by Crippen LogP contribution is -2.45. The van der Waals surface area contributed by atoms with Crippen LogP contribution in [0.25, 0.3) is 0 Å². The molecule has 1 N–H and O–H groups in total. The Morgan fingerprint density at radius 2 is 1.73 bits per heavy atom. The number of hydrogen-bond donors (Lipinski definition) is 1. The Labute approximate surface area is 91.4 Å². The number of esters is 1. The monoisotopic (exact) mass is 215 g/mol. The highest BCUT2D eigenvalue weighted by molar-refractivity contribution is 5.84. The molecular formula is C11H21NO3. The molecule has 1 amide bonds. The van der Waals surface area contributed by atoms with Crippen LogP contribution < -0.4 is 5.32 Å². The normalized spacial score (nSPS) is 12.7. The molecule has 0 saturated heterocycles. The molecule has 0 bridgehead atoms. The zero-order valence-corrected chi connectivity index (χ0v) is 10.2. The molecule has 0 aliphatic heterocycles. The van der Waals surface area contributed by atoms with Crippen LogP contribution in [0.1, 0.15) is 34.1 Å². The highest BCUT2D eigenvalue weighted by Crippen LogP contribution is 2.05. The van der Waals surface area contributed by atoms with Crippen molar-refractivity contribution in [1.29, 1.82) is 0 Å². The van der Waals surface area contributed by atoms with Gasteiger partial charge < -0.3 is 10.1 Å². The summed E-state index contributed by atoms with van der Waals surface area (Å²) in [6, 6.07) is -0.541. The van der Waals surface area contributed by atoms with Crippen molar-refractivity contribution in [2.24, 2.45) is 11.8 Å². The maximum absolute atomic E-state index is 11.5. The molecule has 0 spiro atoms. The molecular weight excluding hydrogens is 194 g/mol. The molecule has 88 valence electrons. The van der Waals surface area contributed by atoms with Gasteiger partial charge in [0.15, 0.2) is 0 Å². The second-order valence-corrected chi connectivity index (χ2v) is 4.41. The third kappa shape index (κ3) is 5.40. The van der Waals surface area contributed by atoms with Crippen molar-refractivity contribution < 1.29 is 14.3 Å². The van der Waals surface area contributed by atoms with Crippen molar-refractivity contribution in [2.45, 2.75) is 40.2 Å². The first-order valence-corrected chi connectivity index (χ1v) is 5.25. The highest BCUT2D eigenvalue weighted by Gasteiger charge is 2.24. The molecule has 15 heavy (non-hydrogen) atoms. The lowest BCUT2D eigenvalue weighted by Gasteiger charge is -2.20. The van der Waals surface area contributed by atoms with Gasteiger partial charge in [0.05, 0.1) is 7.11 Å². The van der Waals surface area contributed by atoms with E-state index in [0.717, 1.165) is 0 Å². The molecule has 0 heterocycles. The molecule has 0 fully saturated rings. The molecule has 1 atom stereocenters. The fraction of sp³-hybridized carbons (Fsp3) is 0.818. The van der Waals surface area contributed by atoms with Crippen LogP contribution in [0.5, 0.6) is 0 Å². The van der Waals surface area contributed by atoms with Gasteiger partial charge in [-0.05, 0) is 11.8 Å². The van der Waals surface area contributed by atoms with Crippen molar-refractivity contribution in [3.63, 3.8) is 0 Å². The Morgan fingerprint density at radius 1 is 1.20 bits per heavy atom. The van der Waals surface area contributed by atoms with Crippen LogP contribution in [0, 0.1) is 11.8 Å². The van der Waals surface area contributed by atoms with E-state index in [4.69, 9.17) is 0 Å². The minimum Gasteiger partial charge on any atom is -0.467 e. The lowest BCUT2D eigenvalue weighted by atomic mass is 10.0. The smallest absolute Gasteiger partial charge is 0.328 e. The van der Waals surface area contributed by atoms with Gasteiger partial charge in [0.1, 0.15) is 6.04 Å². The molecule has 0 rings (SSSR count). The van der Waals surface area contributed by atoms with Gasteiger partial charge in [-0.3, -0.25) is 4.79 Å². The summed E-state index contributed by atoms with van der Waals surface area (Å²) in [5.74, 6) is -0.166.